The molecule has 0 aromatic heterocycles. The Morgan fingerprint density at radius 1 is 1.26 bits per heavy atom. The summed E-state index contributed by atoms with van der Waals surface area (Å²) in [6.45, 7) is 7.64. The SMILES string of the molecule is CC(OCc1ccccc1)[C@H](N)C(=O)OC(C)(C)C. The molecule has 0 aliphatic rings. The summed E-state index contributed by atoms with van der Waals surface area (Å²) in [6.07, 6.45) is -0.393. The molecule has 1 unspecified atom stereocenters. The van der Waals surface area contributed by atoms with E-state index in [-0.39, 0.29) is 0 Å². The molecule has 4 nitrogen and oxygen atoms in total. The molecule has 0 aliphatic carbocycles. The van der Waals surface area contributed by atoms with Crippen LogP contribution in [-0.2, 0) is 20.9 Å². The van der Waals surface area contributed by atoms with E-state index < -0.39 is 23.7 Å². The summed E-state index contributed by atoms with van der Waals surface area (Å²) >= 11 is 0. The van der Waals surface area contributed by atoms with Crippen LogP contribution < -0.4 is 5.73 Å². The molecule has 0 amide bonds. The molecule has 1 aromatic carbocycles. The standard InChI is InChI=1S/C15H23NO3/c1-11(13(16)14(17)19-15(2,3)4)18-10-12-8-6-5-7-9-12/h5-9,11,13H,10,16H2,1-4H3/t11?,13-/m0/s1. The average Bonchev–Trinajstić information content (AvgIpc) is 2.34. The van der Waals surface area contributed by atoms with Gasteiger partial charge in [-0.15, -0.1) is 0 Å². The van der Waals surface area contributed by atoms with Crippen molar-refractivity contribution in [3.63, 3.8) is 0 Å². The van der Waals surface area contributed by atoms with Gasteiger partial charge in [0.15, 0.2) is 0 Å². The summed E-state index contributed by atoms with van der Waals surface area (Å²) < 4.78 is 10.8. The zero-order chi connectivity index (χ0) is 14.5. The predicted octanol–water partition coefficient (Wildman–Crippen LogP) is 2.26. The Balaban J connectivity index is 2.44. The Morgan fingerprint density at radius 2 is 1.84 bits per heavy atom. The number of benzene rings is 1. The Hall–Kier alpha value is -1.39. The molecule has 4 heteroatoms. The fourth-order valence-corrected chi connectivity index (χ4v) is 1.47. The molecule has 0 saturated heterocycles. The zero-order valence-corrected chi connectivity index (χ0v) is 12.1. The minimum atomic E-state index is -0.775. The maximum atomic E-state index is 11.8. The second-order valence-electron chi connectivity index (χ2n) is 5.56. The van der Waals surface area contributed by atoms with Gasteiger partial charge in [-0.05, 0) is 33.3 Å². The van der Waals surface area contributed by atoms with Crippen LogP contribution in [0.4, 0.5) is 0 Å². The molecule has 2 N–H and O–H groups in total. The van der Waals surface area contributed by atoms with Crippen LogP contribution in [0.3, 0.4) is 0 Å². The minimum absolute atomic E-state index is 0.393. The maximum absolute atomic E-state index is 11.8. The number of hydrogen-bond acceptors (Lipinski definition) is 4. The number of nitrogens with two attached hydrogens (primary N) is 1. The van der Waals surface area contributed by atoms with Gasteiger partial charge in [0.2, 0.25) is 0 Å². The van der Waals surface area contributed by atoms with Crippen molar-refractivity contribution in [2.45, 2.75) is 52.0 Å². The first-order valence-electron chi connectivity index (χ1n) is 6.43. The molecule has 1 rings (SSSR count). The lowest BCUT2D eigenvalue weighted by molar-refractivity contribution is -0.160. The summed E-state index contributed by atoms with van der Waals surface area (Å²) in [4.78, 5) is 11.8. The molecule has 0 spiro atoms. The average molecular weight is 265 g/mol. The smallest absolute Gasteiger partial charge is 0.326 e. The molecule has 0 bridgehead atoms. The van der Waals surface area contributed by atoms with Gasteiger partial charge in [0.25, 0.3) is 0 Å². The topological polar surface area (TPSA) is 61.5 Å². The van der Waals surface area contributed by atoms with Crippen molar-refractivity contribution in [1.82, 2.24) is 0 Å². The van der Waals surface area contributed by atoms with Crippen molar-refractivity contribution in [2.24, 2.45) is 5.73 Å². The van der Waals surface area contributed by atoms with E-state index in [1.54, 1.807) is 6.92 Å². The lowest BCUT2D eigenvalue weighted by atomic mass is 10.1. The zero-order valence-electron chi connectivity index (χ0n) is 12.1. The van der Waals surface area contributed by atoms with Gasteiger partial charge in [0.05, 0.1) is 12.7 Å². The van der Waals surface area contributed by atoms with Crippen LogP contribution in [0.1, 0.15) is 33.3 Å². The van der Waals surface area contributed by atoms with Gasteiger partial charge >= 0.3 is 5.97 Å². The van der Waals surface area contributed by atoms with Crippen LogP contribution in [0.15, 0.2) is 30.3 Å². The highest BCUT2D eigenvalue weighted by Crippen LogP contribution is 2.11. The minimum Gasteiger partial charge on any atom is -0.459 e. The largest absolute Gasteiger partial charge is 0.459 e. The van der Waals surface area contributed by atoms with Gasteiger partial charge in [-0.3, -0.25) is 4.79 Å². The summed E-state index contributed by atoms with van der Waals surface area (Å²) in [6, 6.07) is 8.98. The fourth-order valence-electron chi connectivity index (χ4n) is 1.47. The highest BCUT2D eigenvalue weighted by Gasteiger charge is 2.27. The lowest BCUT2D eigenvalue weighted by Crippen LogP contribution is -2.45. The first-order valence-corrected chi connectivity index (χ1v) is 6.43. The van der Waals surface area contributed by atoms with Crippen LogP contribution >= 0.6 is 0 Å². The Kier molecular flexibility index (Phi) is 5.51. The maximum Gasteiger partial charge on any atom is 0.326 e. The van der Waals surface area contributed by atoms with Gasteiger partial charge in [-0.1, -0.05) is 30.3 Å². The first-order chi connectivity index (χ1) is 8.79. The van der Waals surface area contributed by atoms with Gasteiger partial charge in [-0.2, -0.15) is 0 Å². The van der Waals surface area contributed by atoms with E-state index in [0.717, 1.165) is 5.56 Å². The molecule has 1 aromatic rings. The summed E-state index contributed by atoms with van der Waals surface area (Å²) in [5.74, 6) is -0.437. The van der Waals surface area contributed by atoms with Gasteiger partial charge < -0.3 is 15.2 Å². The van der Waals surface area contributed by atoms with Crippen LogP contribution in [-0.4, -0.2) is 23.7 Å². The third kappa shape index (κ3) is 5.85. The highest BCUT2D eigenvalue weighted by atomic mass is 16.6. The number of hydrogen-bond donors (Lipinski definition) is 1. The van der Waals surface area contributed by atoms with Crippen LogP contribution in [0.5, 0.6) is 0 Å². The monoisotopic (exact) mass is 265 g/mol. The van der Waals surface area contributed by atoms with E-state index in [1.807, 2.05) is 51.1 Å². The van der Waals surface area contributed by atoms with Crippen molar-refractivity contribution >= 4 is 5.97 Å². The molecule has 2 atom stereocenters. The second kappa shape index (κ2) is 6.68. The van der Waals surface area contributed by atoms with Gasteiger partial charge in [-0.25, -0.2) is 0 Å². The summed E-state index contributed by atoms with van der Waals surface area (Å²) in [5.41, 5.74) is 6.35. The van der Waals surface area contributed by atoms with E-state index >= 15 is 0 Å². The molecule has 0 saturated carbocycles. The number of carbonyl (C=O) groups excluding carboxylic acids is 1. The van der Waals surface area contributed by atoms with Crippen molar-refractivity contribution in [3.05, 3.63) is 35.9 Å². The van der Waals surface area contributed by atoms with E-state index in [2.05, 4.69) is 0 Å². The lowest BCUT2D eigenvalue weighted by Gasteiger charge is -2.25. The third-order valence-electron chi connectivity index (χ3n) is 2.54. The molecular weight excluding hydrogens is 242 g/mol. The second-order valence-corrected chi connectivity index (χ2v) is 5.56. The Bertz CT molecular complexity index is 398. The normalized spacial score (nSPS) is 14.8. The van der Waals surface area contributed by atoms with Crippen LogP contribution in [0.2, 0.25) is 0 Å². The van der Waals surface area contributed by atoms with Crippen LogP contribution in [0, 0.1) is 0 Å². The predicted molar refractivity (Wildman–Crippen MR) is 74.5 cm³/mol. The molecule has 0 fully saturated rings. The molecule has 19 heavy (non-hydrogen) atoms. The molecule has 106 valence electrons. The van der Waals surface area contributed by atoms with E-state index in [1.165, 1.54) is 0 Å². The fraction of sp³-hybridized carbons (Fsp3) is 0.533. The quantitative estimate of drug-likeness (QED) is 0.830. The van der Waals surface area contributed by atoms with Crippen molar-refractivity contribution in [3.8, 4) is 0 Å². The number of carbonyl (C=O) groups is 1. The van der Waals surface area contributed by atoms with Gasteiger partial charge in [0, 0.05) is 0 Å². The van der Waals surface area contributed by atoms with Crippen molar-refractivity contribution < 1.29 is 14.3 Å². The molecule has 0 heterocycles. The number of ether oxygens (including phenoxy) is 2. The molecule has 0 radical (unpaired) electrons. The summed E-state index contributed by atoms with van der Waals surface area (Å²) in [7, 11) is 0. The third-order valence-corrected chi connectivity index (χ3v) is 2.54. The Morgan fingerprint density at radius 3 is 2.37 bits per heavy atom. The number of rotatable bonds is 5. The molecular formula is C15H23NO3. The van der Waals surface area contributed by atoms with E-state index in [0.29, 0.717) is 6.61 Å². The number of esters is 1. The van der Waals surface area contributed by atoms with Crippen LogP contribution in [0.25, 0.3) is 0 Å². The first kappa shape index (κ1) is 15.7. The highest BCUT2D eigenvalue weighted by molar-refractivity contribution is 5.76. The van der Waals surface area contributed by atoms with E-state index in [9.17, 15) is 4.79 Å². The summed E-state index contributed by atoms with van der Waals surface area (Å²) in [5, 5.41) is 0. The Labute approximate surface area is 114 Å². The van der Waals surface area contributed by atoms with Crippen molar-refractivity contribution in [2.75, 3.05) is 0 Å². The molecule has 0 aliphatic heterocycles. The van der Waals surface area contributed by atoms with Gasteiger partial charge in [0.1, 0.15) is 11.6 Å². The van der Waals surface area contributed by atoms with Crippen molar-refractivity contribution in [1.29, 1.82) is 0 Å². The van der Waals surface area contributed by atoms with E-state index in [4.69, 9.17) is 15.2 Å².